The molecule has 1 aromatic rings. The molecule has 2 atom stereocenters. The zero-order valence-corrected chi connectivity index (χ0v) is 12.3. The molecule has 0 spiro atoms. The third kappa shape index (κ3) is 2.13. The lowest BCUT2D eigenvalue weighted by molar-refractivity contribution is 0.0662. The van der Waals surface area contributed by atoms with E-state index < -0.39 is 0 Å². The van der Waals surface area contributed by atoms with Crippen molar-refractivity contribution in [2.24, 2.45) is 4.99 Å². The Morgan fingerprint density at radius 2 is 2.12 bits per heavy atom. The number of ether oxygens (including phenoxy) is 1. The van der Waals surface area contributed by atoms with Crippen molar-refractivity contribution >= 4 is 27.5 Å². The number of aliphatic imine (C=N–C) groups is 1. The second-order valence-corrected chi connectivity index (χ2v) is 5.84. The molecule has 0 bridgehead atoms. The lowest BCUT2D eigenvalue weighted by atomic mass is 9.87. The first-order valence-electron chi connectivity index (χ1n) is 5.97. The summed E-state index contributed by atoms with van der Waals surface area (Å²) in [7, 11) is 0. The number of alkyl halides is 1. The highest BCUT2D eigenvalue weighted by Crippen LogP contribution is 2.43. The highest BCUT2D eigenvalue weighted by Gasteiger charge is 2.40. The summed E-state index contributed by atoms with van der Waals surface area (Å²) in [6.07, 6.45) is 1.01. The molecular weight excluding hydrogens is 278 g/mol. The van der Waals surface area contributed by atoms with Crippen LogP contribution >= 0.6 is 15.9 Å². The van der Waals surface area contributed by atoms with Crippen molar-refractivity contribution in [1.29, 1.82) is 0 Å². The fourth-order valence-electron chi connectivity index (χ4n) is 2.32. The predicted octanol–water partition coefficient (Wildman–Crippen LogP) is 4.46. The van der Waals surface area contributed by atoms with Gasteiger partial charge in [0.25, 0.3) is 0 Å². The highest BCUT2D eigenvalue weighted by atomic mass is 79.9. The summed E-state index contributed by atoms with van der Waals surface area (Å²) < 4.78 is 6.01. The van der Waals surface area contributed by atoms with E-state index in [0.717, 1.165) is 18.0 Å². The van der Waals surface area contributed by atoms with Gasteiger partial charge in [0.2, 0.25) is 0 Å². The Labute approximate surface area is 111 Å². The van der Waals surface area contributed by atoms with Gasteiger partial charge in [0.1, 0.15) is 5.60 Å². The first-order chi connectivity index (χ1) is 7.97. The van der Waals surface area contributed by atoms with Crippen LogP contribution in [0.5, 0.6) is 0 Å². The van der Waals surface area contributed by atoms with Gasteiger partial charge in [0, 0.05) is 12.5 Å². The molecule has 2 unspecified atom stereocenters. The van der Waals surface area contributed by atoms with E-state index >= 15 is 0 Å². The maximum absolute atomic E-state index is 6.01. The molecule has 0 fully saturated rings. The van der Waals surface area contributed by atoms with Gasteiger partial charge in [-0.2, -0.15) is 0 Å². The Kier molecular flexibility index (Phi) is 3.30. The molecule has 1 aliphatic rings. The highest BCUT2D eigenvalue weighted by molar-refractivity contribution is 9.09. The van der Waals surface area contributed by atoms with Crippen LogP contribution in [0.3, 0.4) is 0 Å². The lowest BCUT2D eigenvalue weighted by Gasteiger charge is -2.38. The summed E-state index contributed by atoms with van der Waals surface area (Å²) in [5.74, 6) is 0.738. The maximum Gasteiger partial charge on any atom is 0.186 e. The molecule has 0 amide bonds. The Morgan fingerprint density at radius 1 is 1.41 bits per heavy atom. The number of rotatable bonds is 2. The Balaban J connectivity index is 2.59. The summed E-state index contributed by atoms with van der Waals surface area (Å²) in [5.41, 5.74) is 3.11. The van der Waals surface area contributed by atoms with Crippen LogP contribution in [0.15, 0.2) is 23.2 Å². The molecule has 0 saturated heterocycles. The van der Waals surface area contributed by atoms with Gasteiger partial charge in [0.05, 0.1) is 10.5 Å². The zero-order valence-electron chi connectivity index (χ0n) is 10.7. The number of nitrogens with zero attached hydrogens (tertiary/aromatic N) is 1. The molecule has 0 radical (unpaired) electrons. The standard InChI is InChI=1S/C14H18BrNO/c1-5-13(15)14(4)11-8-9(2)6-7-12(11)16-10(3)17-14/h6-8,13H,5H2,1-4H3. The quantitative estimate of drug-likeness (QED) is 0.738. The molecule has 1 aliphatic heterocycles. The number of halogens is 1. The summed E-state index contributed by atoms with van der Waals surface area (Å²) >= 11 is 3.74. The number of hydrogen-bond acceptors (Lipinski definition) is 2. The molecule has 0 aromatic heterocycles. The summed E-state index contributed by atoms with van der Waals surface area (Å²) in [4.78, 5) is 4.75. The lowest BCUT2D eigenvalue weighted by Crippen LogP contribution is -2.39. The Bertz CT molecular complexity index is 469. The van der Waals surface area contributed by atoms with Gasteiger partial charge >= 0.3 is 0 Å². The number of benzene rings is 1. The van der Waals surface area contributed by atoms with Crippen LogP contribution in [0.4, 0.5) is 5.69 Å². The van der Waals surface area contributed by atoms with Crippen LogP contribution in [0.2, 0.25) is 0 Å². The van der Waals surface area contributed by atoms with Gasteiger partial charge in [-0.15, -0.1) is 0 Å². The van der Waals surface area contributed by atoms with Gasteiger partial charge in [0.15, 0.2) is 5.90 Å². The van der Waals surface area contributed by atoms with Gasteiger partial charge in [-0.3, -0.25) is 0 Å². The largest absolute Gasteiger partial charge is 0.469 e. The molecule has 92 valence electrons. The zero-order chi connectivity index (χ0) is 12.6. The molecule has 0 N–H and O–H groups in total. The van der Waals surface area contributed by atoms with E-state index in [1.54, 1.807) is 0 Å². The van der Waals surface area contributed by atoms with Crippen molar-refractivity contribution in [3.05, 3.63) is 29.3 Å². The number of fused-ring (bicyclic) bond motifs is 1. The second kappa shape index (κ2) is 4.45. The third-order valence-corrected chi connectivity index (χ3v) is 4.80. The molecule has 3 heteroatoms. The molecule has 0 aliphatic carbocycles. The first-order valence-corrected chi connectivity index (χ1v) is 6.88. The van der Waals surface area contributed by atoms with E-state index in [4.69, 9.17) is 4.74 Å². The fraction of sp³-hybridized carbons (Fsp3) is 0.500. The molecule has 17 heavy (non-hydrogen) atoms. The van der Waals surface area contributed by atoms with Crippen LogP contribution in [-0.4, -0.2) is 10.7 Å². The van der Waals surface area contributed by atoms with Crippen molar-refractivity contribution in [2.45, 2.75) is 44.5 Å². The minimum absolute atomic E-state index is 0.279. The van der Waals surface area contributed by atoms with Crippen LogP contribution in [0.1, 0.15) is 38.3 Å². The van der Waals surface area contributed by atoms with E-state index in [9.17, 15) is 0 Å². The van der Waals surface area contributed by atoms with Crippen LogP contribution in [-0.2, 0) is 10.3 Å². The van der Waals surface area contributed by atoms with E-state index in [1.165, 1.54) is 11.1 Å². The van der Waals surface area contributed by atoms with Crippen LogP contribution < -0.4 is 0 Å². The van der Waals surface area contributed by atoms with E-state index in [0.29, 0.717) is 0 Å². The molecule has 1 heterocycles. The number of hydrogen-bond donors (Lipinski definition) is 0. The van der Waals surface area contributed by atoms with Crippen molar-refractivity contribution in [3.63, 3.8) is 0 Å². The van der Waals surface area contributed by atoms with E-state index in [-0.39, 0.29) is 10.4 Å². The van der Waals surface area contributed by atoms with Gasteiger partial charge in [-0.05, 0) is 32.4 Å². The minimum Gasteiger partial charge on any atom is -0.469 e. The first kappa shape index (κ1) is 12.6. The van der Waals surface area contributed by atoms with E-state index in [2.05, 4.69) is 59.9 Å². The third-order valence-electron chi connectivity index (χ3n) is 3.28. The molecule has 1 aromatic carbocycles. The average molecular weight is 296 g/mol. The normalized spacial score (nSPS) is 24.6. The van der Waals surface area contributed by atoms with Crippen LogP contribution in [0, 0.1) is 6.92 Å². The second-order valence-electron chi connectivity index (χ2n) is 4.74. The molecular formula is C14H18BrNO. The molecule has 0 saturated carbocycles. The smallest absolute Gasteiger partial charge is 0.186 e. The monoisotopic (exact) mass is 295 g/mol. The minimum atomic E-state index is -0.331. The summed E-state index contributed by atoms with van der Waals surface area (Å²) in [5, 5.41) is 0. The Hall–Kier alpha value is -0.830. The fourth-order valence-corrected chi connectivity index (χ4v) is 2.66. The molecule has 2 nitrogen and oxygen atoms in total. The Morgan fingerprint density at radius 3 is 2.76 bits per heavy atom. The SMILES string of the molecule is CCC(Br)C1(C)OC(C)=Nc2ccc(C)cc21. The van der Waals surface area contributed by atoms with Gasteiger partial charge in [-0.1, -0.05) is 34.5 Å². The summed E-state index contributed by atoms with van der Waals surface area (Å²) in [6, 6.07) is 6.34. The predicted molar refractivity (Wildman–Crippen MR) is 75.4 cm³/mol. The average Bonchev–Trinajstić information content (AvgIpc) is 2.29. The summed E-state index contributed by atoms with van der Waals surface area (Å²) in [6.45, 7) is 8.30. The van der Waals surface area contributed by atoms with E-state index in [1.807, 2.05) is 6.92 Å². The maximum atomic E-state index is 6.01. The van der Waals surface area contributed by atoms with Crippen molar-refractivity contribution in [3.8, 4) is 0 Å². The molecule has 2 rings (SSSR count). The van der Waals surface area contributed by atoms with Crippen molar-refractivity contribution in [1.82, 2.24) is 0 Å². The van der Waals surface area contributed by atoms with Crippen LogP contribution in [0.25, 0.3) is 0 Å². The van der Waals surface area contributed by atoms with Crippen molar-refractivity contribution in [2.75, 3.05) is 0 Å². The van der Waals surface area contributed by atoms with Crippen molar-refractivity contribution < 1.29 is 4.74 Å². The topological polar surface area (TPSA) is 21.6 Å². The van der Waals surface area contributed by atoms with Gasteiger partial charge in [-0.25, -0.2) is 4.99 Å². The van der Waals surface area contributed by atoms with Gasteiger partial charge < -0.3 is 4.74 Å². The number of aryl methyl sites for hydroxylation is 1.